The minimum atomic E-state index is 0.266. The summed E-state index contributed by atoms with van der Waals surface area (Å²) in [6.45, 7) is 2.05. The zero-order valence-corrected chi connectivity index (χ0v) is 12.5. The van der Waals surface area contributed by atoms with E-state index in [9.17, 15) is 5.11 Å². The zero-order valence-electron chi connectivity index (χ0n) is 10.1. The van der Waals surface area contributed by atoms with Crippen molar-refractivity contribution in [3.63, 3.8) is 0 Å². The van der Waals surface area contributed by atoms with Crippen molar-refractivity contribution in [2.75, 3.05) is 13.2 Å². The van der Waals surface area contributed by atoms with Crippen molar-refractivity contribution < 1.29 is 5.11 Å². The third-order valence-electron chi connectivity index (χ3n) is 3.49. The van der Waals surface area contributed by atoms with Gasteiger partial charge in [0, 0.05) is 19.1 Å². The van der Waals surface area contributed by atoms with Crippen molar-refractivity contribution in [3.8, 4) is 0 Å². The van der Waals surface area contributed by atoms with Gasteiger partial charge < -0.3 is 5.11 Å². The molecule has 0 amide bonds. The van der Waals surface area contributed by atoms with Crippen molar-refractivity contribution >= 4 is 27.3 Å². The summed E-state index contributed by atoms with van der Waals surface area (Å²) in [5, 5.41) is 11.4. The lowest BCUT2D eigenvalue weighted by atomic mass is 9.94. The highest BCUT2D eigenvalue weighted by Gasteiger charge is 2.20. The quantitative estimate of drug-likeness (QED) is 0.896. The van der Waals surface area contributed by atoms with Gasteiger partial charge in [0.2, 0.25) is 0 Å². The molecular weight excluding hydrogens is 298 g/mol. The molecule has 0 saturated heterocycles. The van der Waals surface area contributed by atoms with Crippen LogP contribution >= 0.6 is 27.3 Å². The van der Waals surface area contributed by atoms with Crippen molar-refractivity contribution in [1.29, 1.82) is 0 Å². The first-order chi connectivity index (χ1) is 8.29. The Morgan fingerprint density at radius 1 is 1.35 bits per heavy atom. The van der Waals surface area contributed by atoms with E-state index >= 15 is 0 Å². The van der Waals surface area contributed by atoms with Crippen LogP contribution in [0.25, 0.3) is 0 Å². The van der Waals surface area contributed by atoms with Gasteiger partial charge in [-0.2, -0.15) is 0 Å². The van der Waals surface area contributed by atoms with E-state index in [0.717, 1.165) is 13.1 Å². The summed E-state index contributed by atoms with van der Waals surface area (Å²) < 4.78 is 1.19. The van der Waals surface area contributed by atoms with Gasteiger partial charge in [0.1, 0.15) is 0 Å². The smallest absolute Gasteiger partial charge is 0.0701 e. The first-order valence-electron chi connectivity index (χ1n) is 6.37. The average Bonchev–Trinajstić information content (AvgIpc) is 2.75. The number of thiophene rings is 1. The molecule has 0 spiro atoms. The largest absolute Gasteiger partial charge is 0.395 e. The highest BCUT2D eigenvalue weighted by Crippen LogP contribution is 2.26. The van der Waals surface area contributed by atoms with Gasteiger partial charge in [-0.15, -0.1) is 11.3 Å². The molecule has 0 bridgehead atoms. The van der Waals surface area contributed by atoms with Crippen molar-refractivity contribution in [1.82, 2.24) is 4.90 Å². The molecule has 4 heteroatoms. The van der Waals surface area contributed by atoms with Crippen LogP contribution in [-0.2, 0) is 6.54 Å². The van der Waals surface area contributed by atoms with Crippen LogP contribution < -0.4 is 0 Å². The standard InChI is InChI=1S/C13H20BrNOS/c14-13-8-11(10-17-13)9-15(6-7-16)12-4-2-1-3-5-12/h8,10,12,16H,1-7,9H2. The fourth-order valence-electron chi connectivity index (χ4n) is 2.63. The van der Waals surface area contributed by atoms with E-state index in [1.807, 2.05) is 0 Å². The second-order valence-electron chi connectivity index (χ2n) is 4.74. The van der Waals surface area contributed by atoms with Crippen LogP contribution in [0.3, 0.4) is 0 Å². The highest BCUT2D eigenvalue weighted by atomic mass is 79.9. The van der Waals surface area contributed by atoms with Crippen LogP contribution in [0, 0.1) is 0 Å². The maximum Gasteiger partial charge on any atom is 0.0701 e. The molecule has 1 aliphatic carbocycles. The van der Waals surface area contributed by atoms with Crippen LogP contribution in [0.2, 0.25) is 0 Å². The first kappa shape index (κ1) is 13.5. The van der Waals surface area contributed by atoms with Crippen LogP contribution in [-0.4, -0.2) is 29.2 Å². The molecule has 1 aromatic heterocycles. The molecule has 96 valence electrons. The molecular formula is C13H20BrNOS. The summed E-state index contributed by atoms with van der Waals surface area (Å²) in [5.74, 6) is 0. The van der Waals surface area contributed by atoms with Crippen LogP contribution in [0.1, 0.15) is 37.7 Å². The second kappa shape index (κ2) is 6.88. The van der Waals surface area contributed by atoms with E-state index < -0.39 is 0 Å². The molecule has 0 aliphatic heterocycles. The summed E-state index contributed by atoms with van der Waals surface area (Å²) >= 11 is 5.25. The van der Waals surface area contributed by atoms with Gasteiger partial charge in [-0.05, 0) is 45.8 Å². The highest BCUT2D eigenvalue weighted by molar-refractivity contribution is 9.11. The first-order valence-corrected chi connectivity index (χ1v) is 8.04. The van der Waals surface area contributed by atoms with E-state index in [1.165, 1.54) is 41.5 Å². The van der Waals surface area contributed by atoms with E-state index in [1.54, 1.807) is 11.3 Å². The predicted octanol–water partition coefficient (Wildman–Crippen LogP) is 3.64. The summed E-state index contributed by atoms with van der Waals surface area (Å²) in [6, 6.07) is 2.87. The van der Waals surface area contributed by atoms with Gasteiger partial charge in [0.25, 0.3) is 0 Å². The topological polar surface area (TPSA) is 23.5 Å². The molecule has 1 N–H and O–H groups in total. The number of rotatable bonds is 5. The maximum atomic E-state index is 9.20. The van der Waals surface area contributed by atoms with Crippen molar-refractivity contribution in [2.24, 2.45) is 0 Å². The summed E-state index contributed by atoms with van der Waals surface area (Å²) in [7, 11) is 0. The Balaban J connectivity index is 1.95. The van der Waals surface area contributed by atoms with E-state index in [0.29, 0.717) is 6.04 Å². The number of hydrogen-bond acceptors (Lipinski definition) is 3. The summed E-state index contributed by atoms with van der Waals surface area (Å²) in [6.07, 6.45) is 6.67. The average molecular weight is 318 g/mol. The fourth-order valence-corrected chi connectivity index (χ4v) is 3.83. The molecule has 1 saturated carbocycles. The van der Waals surface area contributed by atoms with Gasteiger partial charge in [0.15, 0.2) is 0 Å². The molecule has 0 unspecified atom stereocenters. The normalized spacial score (nSPS) is 17.8. The molecule has 1 fully saturated rings. The number of nitrogens with zero attached hydrogens (tertiary/aromatic N) is 1. The summed E-state index contributed by atoms with van der Waals surface area (Å²) in [4.78, 5) is 2.45. The second-order valence-corrected chi connectivity index (χ2v) is 7.04. The number of halogens is 1. The molecule has 2 nitrogen and oxygen atoms in total. The number of hydrogen-bond donors (Lipinski definition) is 1. The Hall–Kier alpha value is 0.100. The van der Waals surface area contributed by atoms with Crippen LogP contribution in [0.4, 0.5) is 0 Å². The Bertz CT molecular complexity index is 336. The third kappa shape index (κ3) is 4.05. The maximum absolute atomic E-state index is 9.20. The van der Waals surface area contributed by atoms with E-state index in [2.05, 4.69) is 32.3 Å². The Labute approximate surface area is 116 Å². The number of aliphatic hydroxyl groups is 1. The molecule has 0 aromatic carbocycles. The van der Waals surface area contributed by atoms with Crippen LogP contribution in [0.15, 0.2) is 15.2 Å². The molecule has 2 rings (SSSR count). The lowest BCUT2D eigenvalue weighted by Gasteiger charge is -2.33. The molecule has 0 radical (unpaired) electrons. The van der Waals surface area contributed by atoms with Gasteiger partial charge in [-0.25, -0.2) is 0 Å². The van der Waals surface area contributed by atoms with Gasteiger partial charge >= 0.3 is 0 Å². The SMILES string of the molecule is OCCN(Cc1csc(Br)c1)C1CCCCC1. The molecule has 0 atom stereocenters. The van der Waals surface area contributed by atoms with Gasteiger partial charge in [0.05, 0.1) is 10.4 Å². The van der Waals surface area contributed by atoms with E-state index in [-0.39, 0.29) is 6.61 Å². The lowest BCUT2D eigenvalue weighted by molar-refractivity contribution is 0.117. The summed E-state index contributed by atoms with van der Waals surface area (Å²) in [5.41, 5.74) is 1.36. The predicted molar refractivity (Wildman–Crippen MR) is 76.4 cm³/mol. The van der Waals surface area contributed by atoms with Gasteiger partial charge in [-0.3, -0.25) is 4.90 Å². The molecule has 1 aliphatic rings. The van der Waals surface area contributed by atoms with Crippen LogP contribution in [0.5, 0.6) is 0 Å². The van der Waals surface area contributed by atoms with Crippen molar-refractivity contribution in [3.05, 3.63) is 20.8 Å². The molecule has 1 aromatic rings. The Morgan fingerprint density at radius 3 is 2.71 bits per heavy atom. The lowest BCUT2D eigenvalue weighted by Crippen LogP contribution is -2.38. The minimum Gasteiger partial charge on any atom is -0.395 e. The monoisotopic (exact) mass is 317 g/mol. The number of aliphatic hydroxyl groups excluding tert-OH is 1. The Morgan fingerprint density at radius 2 is 2.12 bits per heavy atom. The molecule has 1 heterocycles. The van der Waals surface area contributed by atoms with Crippen molar-refractivity contribution in [2.45, 2.75) is 44.7 Å². The fraction of sp³-hybridized carbons (Fsp3) is 0.692. The zero-order chi connectivity index (χ0) is 12.1. The third-order valence-corrected chi connectivity index (χ3v) is 5.04. The van der Waals surface area contributed by atoms with E-state index in [4.69, 9.17) is 0 Å². The minimum absolute atomic E-state index is 0.266. The Kier molecular flexibility index (Phi) is 5.48. The molecule has 17 heavy (non-hydrogen) atoms. The van der Waals surface area contributed by atoms with Gasteiger partial charge in [-0.1, -0.05) is 19.3 Å².